The first kappa shape index (κ1) is 29.2. The molecule has 0 N–H and O–H groups in total. The van der Waals surface area contributed by atoms with Gasteiger partial charge in [0.15, 0.2) is 0 Å². The first-order valence-electron chi connectivity index (χ1n) is 16.2. The number of fused-ring (bicyclic) bond motifs is 6. The van der Waals surface area contributed by atoms with Gasteiger partial charge in [-0.3, -0.25) is 0 Å². The number of hydrogen-bond donors (Lipinski definition) is 0. The van der Waals surface area contributed by atoms with Crippen molar-refractivity contribution in [1.29, 1.82) is 0 Å². The van der Waals surface area contributed by atoms with E-state index in [2.05, 4.69) is 185 Å². The summed E-state index contributed by atoms with van der Waals surface area (Å²) in [5.41, 5.74) is 11.0. The molecule has 0 bridgehead atoms. The van der Waals surface area contributed by atoms with Gasteiger partial charge >= 0.3 is 0 Å². The molecule has 0 radical (unpaired) electrons. The van der Waals surface area contributed by atoms with E-state index in [4.69, 9.17) is 0 Å². The molecule has 45 heavy (non-hydrogen) atoms. The largest absolute Gasteiger partial charge is 0.312 e. The summed E-state index contributed by atoms with van der Waals surface area (Å²) in [6.07, 6.45) is 0. The van der Waals surface area contributed by atoms with Crippen LogP contribution in [0.15, 0.2) is 109 Å². The van der Waals surface area contributed by atoms with Crippen molar-refractivity contribution in [1.82, 2.24) is 13.7 Å². The quantitative estimate of drug-likeness (QED) is 0.194. The summed E-state index contributed by atoms with van der Waals surface area (Å²) in [5, 5.41) is 3.86. The van der Waals surface area contributed by atoms with Crippen LogP contribution in [-0.4, -0.2) is 13.7 Å². The zero-order chi connectivity index (χ0) is 31.9. The molecule has 0 atom stereocenters. The molecular formula is C42H45N3. The minimum atomic E-state index is -0.0839. The maximum absolute atomic E-state index is 2.54. The normalized spacial score (nSPS) is 13.0. The molecule has 4 aromatic carbocycles. The van der Waals surface area contributed by atoms with Crippen molar-refractivity contribution in [2.45, 2.75) is 78.6 Å². The fourth-order valence-corrected chi connectivity index (χ4v) is 7.06. The Kier molecular flexibility index (Phi) is 6.50. The highest BCUT2D eigenvalue weighted by Crippen LogP contribution is 2.47. The lowest BCUT2D eigenvalue weighted by Crippen LogP contribution is -2.16. The van der Waals surface area contributed by atoms with E-state index in [1.54, 1.807) is 0 Å². The zero-order valence-electron chi connectivity index (χ0n) is 28.2. The lowest BCUT2D eigenvalue weighted by Gasteiger charge is -2.23. The highest BCUT2D eigenvalue weighted by Gasteiger charge is 2.32. The second-order valence-electron chi connectivity index (χ2n) is 15.6. The van der Waals surface area contributed by atoms with Crippen LogP contribution < -0.4 is 0 Å². The summed E-state index contributed by atoms with van der Waals surface area (Å²) in [4.78, 5) is 0. The third kappa shape index (κ3) is 4.63. The third-order valence-corrected chi connectivity index (χ3v) is 9.12. The Morgan fingerprint density at radius 3 is 0.756 bits per heavy atom. The molecule has 0 aliphatic carbocycles. The average Bonchev–Trinajstić information content (AvgIpc) is 3.70. The Labute approximate surface area is 267 Å². The van der Waals surface area contributed by atoms with Gasteiger partial charge in [0, 0.05) is 66.5 Å². The second kappa shape index (κ2) is 10.0. The van der Waals surface area contributed by atoms with E-state index in [1.807, 2.05) is 0 Å². The molecule has 0 aliphatic heterocycles. The number of aromatic nitrogens is 3. The molecule has 228 valence electrons. The summed E-state index contributed by atoms with van der Waals surface area (Å²) >= 11 is 0. The molecule has 0 amide bonds. The smallest absolute Gasteiger partial charge is 0.0647 e. The fourth-order valence-electron chi connectivity index (χ4n) is 7.06. The monoisotopic (exact) mass is 591 g/mol. The van der Waals surface area contributed by atoms with Crippen LogP contribution in [0, 0.1) is 0 Å². The van der Waals surface area contributed by atoms with Crippen LogP contribution in [0.4, 0.5) is 0 Å². The van der Waals surface area contributed by atoms with Crippen molar-refractivity contribution in [2.24, 2.45) is 0 Å². The predicted octanol–water partition coefficient (Wildman–Crippen LogP) is 11.4. The number of benzene rings is 4. The molecule has 0 saturated heterocycles. The first-order valence-corrected chi connectivity index (χ1v) is 16.2. The average molecular weight is 592 g/mol. The molecule has 3 heteroatoms. The molecule has 3 aromatic heterocycles. The van der Waals surface area contributed by atoms with Crippen LogP contribution >= 0.6 is 0 Å². The Bertz CT molecular complexity index is 1890. The van der Waals surface area contributed by atoms with Crippen molar-refractivity contribution in [2.75, 3.05) is 0 Å². The topological polar surface area (TPSA) is 14.8 Å². The van der Waals surface area contributed by atoms with Crippen LogP contribution in [-0.2, 0) is 16.2 Å². The molecule has 0 unspecified atom stereocenters. The maximum atomic E-state index is 2.54. The van der Waals surface area contributed by atoms with E-state index in [-0.39, 0.29) is 16.2 Å². The molecule has 0 saturated carbocycles. The molecule has 0 fully saturated rings. The van der Waals surface area contributed by atoms with Gasteiger partial charge in [0.1, 0.15) is 0 Å². The van der Waals surface area contributed by atoms with Crippen LogP contribution in [0.5, 0.6) is 0 Å². The Hall–Kier alpha value is -4.50. The molecule has 7 rings (SSSR count). The van der Waals surface area contributed by atoms with Gasteiger partial charge in [0.25, 0.3) is 0 Å². The van der Waals surface area contributed by atoms with Gasteiger partial charge < -0.3 is 13.7 Å². The summed E-state index contributed by atoms with van der Waals surface area (Å²) in [5.74, 6) is 0. The van der Waals surface area contributed by atoms with Crippen LogP contribution in [0.25, 0.3) is 49.8 Å². The number of hydrogen-bond acceptors (Lipinski definition) is 0. The van der Waals surface area contributed by atoms with Crippen molar-refractivity contribution < 1.29 is 0 Å². The lowest BCUT2D eigenvalue weighted by molar-refractivity contribution is 0.559. The van der Waals surface area contributed by atoms with E-state index < -0.39 is 0 Å². The maximum Gasteiger partial charge on any atom is 0.0647 e. The fraction of sp³-hybridized carbons (Fsp3) is 0.286. The Morgan fingerprint density at radius 2 is 0.556 bits per heavy atom. The number of rotatable bonds is 3. The minimum Gasteiger partial charge on any atom is -0.312 e. The molecule has 7 aromatic rings. The van der Waals surface area contributed by atoms with Gasteiger partial charge in [-0.15, -0.1) is 0 Å². The molecule has 0 aliphatic rings. The van der Waals surface area contributed by atoms with Gasteiger partial charge in [0.05, 0.1) is 16.6 Å². The number of nitrogens with zero attached hydrogens (tertiary/aromatic N) is 3. The summed E-state index contributed by atoms with van der Waals surface area (Å²) in [7, 11) is 0. The minimum absolute atomic E-state index is 0.0839. The van der Waals surface area contributed by atoms with E-state index in [9.17, 15) is 0 Å². The predicted molar refractivity (Wildman–Crippen MR) is 193 cm³/mol. The van der Waals surface area contributed by atoms with Crippen LogP contribution in [0.2, 0.25) is 0 Å². The Morgan fingerprint density at radius 1 is 0.333 bits per heavy atom. The van der Waals surface area contributed by atoms with Crippen molar-refractivity contribution in [3.63, 3.8) is 0 Å². The first-order chi connectivity index (χ1) is 21.3. The van der Waals surface area contributed by atoms with Gasteiger partial charge in [0.2, 0.25) is 0 Å². The third-order valence-electron chi connectivity index (χ3n) is 9.12. The molecule has 3 nitrogen and oxygen atoms in total. The van der Waals surface area contributed by atoms with Crippen LogP contribution in [0.3, 0.4) is 0 Å². The summed E-state index contributed by atoms with van der Waals surface area (Å²) in [6.45, 7) is 21.0. The van der Waals surface area contributed by atoms with Crippen molar-refractivity contribution >= 4 is 32.7 Å². The highest BCUT2D eigenvalue weighted by atomic mass is 15.1. The van der Waals surface area contributed by atoms with Gasteiger partial charge in [-0.1, -0.05) is 117 Å². The standard InChI is InChI=1S/C42H45N3/c1-40(2,3)34-25-31-37(43(34)28-19-13-10-14-20-28)32-26-35(41(4,5)6)45(30-23-17-12-18-24-30)39(32)33-27-36(42(7,8)9)44(38(31)33)29-21-15-11-16-22-29/h10-27H,1-9H3. The van der Waals surface area contributed by atoms with Gasteiger partial charge in [-0.25, -0.2) is 0 Å². The van der Waals surface area contributed by atoms with Crippen molar-refractivity contribution in [3.05, 3.63) is 126 Å². The highest BCUT2D eigenvalue weighted by molar-refractivity contribution is 6.25. The van der Waals surface area contributed by atoms with E-state index in [0.717, 1.165) is 0 Å². The van der Waals surface area contributed by atoms with Gasteiger partial charge in [-0.2, -0.15) is 0 Å². The van der Waals surface area contributed by atoms with Crippen molar-refractivity contribution in [3.8, 4) is 17.1 Å². The summed E-state index contributed by atoms with van der Waals surface area (Å²) < 4.78 is 7.62. The van der Waals surface area contributed by atoms with E-state index in [0.29, 0.717) is 0 Å². The van der Waals surface area contributed by atoms with Gasteiger partial charge in [-0.05, 0) is 54.6 Å². The molecular weight excluding hydrogens is 546 g/mol. The molecule has 3 heterocycles. The lowest BCUT2D eigenvalue weighted by atomic mass is 9.92. The Balaban J connectivity index is 1.85. The van der Waals surface area contributed by atoms with E-state index in [1.165, 1.54) is 66.9 Å². The second-order valence-corrected chi connectivity index (χ2v) is 15.6. The number of para-hydroxylation sites is 3. The van der Waals surface area contributed by atoms with Crippen LogP contribution in [0.1, 0.15) is 79.4 Å². The zero-order valence-corrected chi connectivity index (χ0v) is 28.2. The summed E-state index contributed by atoms with van der Waals surface area (Å²) in [6, 6.07) is 40.2. The SMILES string of the molecule is CC(C)(C)c1cc2c(c3cc(C(C)(C)C)n(-c4ccccc4)c3c3cc(C(C)(C)C)n(-c4ccccc4)c23)n1-c1ccccc1. The van der Waals surface area contributed by atoms with E-state index >= 15 is 0 Å². The molecule has 0 spiro atoms.